The zero-order valence-corrected chi connectivity index (χ0v) is 12.0. The summed E-state index contributed by atoms with van der Waals surface area (Å²) in [4.78, 5) is 21.9. The highest BCUT2D eigenvalue weighted by Gasteiger charge is 2.17. The van der Waals surface area contributed by atoms with Crippen molar-refractivity contribution >= 4 is 11.7 Å². The molecule has 2 aromatic rings. The number of nitrogens with zero attached hydrogens (tertiary/aromatic N) is 5. The summed E-state index contributed by atoms with van der Waals surface area (Å²) in [6.45, 7) is 3.83. The molecule has 21 heavy (non-hydrogen) atoms. The summed E-state index contributed by atoms with van der Waals surface area (Å²) in [6.07, 6.45) is 1.83. The lowest BCUT2D eigenvalue weighted by Gasteiger charge is -2.03. The number of carbonyl (C=O) groups is 1. The molecule has 9 heteroatoms. The molecule has 0 aliphatic rings. The largest absolute Gasteiger partial charge is 0.390 e. The molecule has 1 N–H and O–H groups in total. The van der Waals surface area contributed by atoms with Gasteiger partial charge in [-0.05, 0) is 18.8 Å². The lowest BCUT2D eigenvalue weighted by molar-refractivity contribution is -0.389. The zero-order valence-electron chi connectivity index (χ0n) is 12.0. The van der Waals surface area contributed by atoms with Gasteiger partial charge in [-0.15, -0.1) is 0 Å². The summed E-state index contributed by atoms with van der Waals surface area (Å²) >= 11 is 0. The molecule has 0 atom stereocenters. The molecule has 0 saturated carbocycles. The minimum atomic E-state index is -0.583. The molecule has 112 valence electrons. The molecular formula is C12H16N6O3. The van der Waals surface area contributed by atoms with Crippen molar-refractivity contribution in [1.29, 1.82) is 0 Å². The lowest BCUT2D eigenvalue weighted by Crippen LogP contribution is -2.28. The van der Waals surface area contributed by atoms with E-state index in [0.29, 0.717) is 12.2 Å². The van der Waals surface area contributed by atoms with Crippen LogP contribution in [0.2, 0.25) is 0 Å². The van der Waals surface area contributed by atoms with Crippen LogP contribution in [0.5, 0.6) is 0 Å². The fraction of sp³-hybridized carbons (Fsp3) is 0.417. The van der Waals surface area contributed by atoms with Gasteiger partial charge < -0.3 is 15.4 Å². The molecule has 2 heterocycles. The highest BCUT2D eigenvalue weighted by Crippen LogP contribution is 2.10. The molecule has 0 aliphatic heterocycles. The van der Waals surface area contributed by atoms with Gasteiger partial charge in [0.25, 0.3) is 0 Å². The topological polar surface area (TPSA) is 108 Å². The van der Waals surface area contributed by atoms with Crippen molar-refractivity contribution in [1.82, 2.24) is 24.9 Å². The number of nitro groups is 1. The lowest BCUT2D eigenvalue weighted by atomic mass is 10.2. The third-order valence-electron chi connectivity index (χ3n) is 3.04. The first-order valence-electron chi connectivity index (χ1n) is 6.31. The normalized spacial score (nSPS) is 10.6. The number of amides is 1. The van der Waals surface area contributed by atoms with Crippen LogP contribution in [0.1, 0.15) is 17.0 Å². The highest BCUT2D eigenvalue weighted by molar-refractivity contribution is 5.75. The van der Waals surface area contributed by atoms with Crippen molar-refractivity contribution in [2.75, 3.05) is 0 Å². The number of carbonyl (C=O) groups excluding carboxylic acids is 1. The van der Waals surface area contributed by atoms with Gasteiger partial charge in [-0.3, -0.25) is 9.48 Å². The van der Waals surface area contributed by atoms with Crippen LogP contribution >= 0.6 is 0 Å². The average molecular weight is 292 g/mol. The standard InChI is InChI=1S/C12H16N6O3/c1-8-4-11(18(20)21)15-17(8)7-12(19)13-5-10-6-16(3)14-9(10)2/h4,6H,5,7H2,1-3H3,(H,13,19). The maximum atomic E-state index is 11.9. The summed E-state index contributed by atoms with van der Waals surface area (Å²) in [5, 5.41) is 21.3. The molecule has 2 rings (SSSR count). The number of nitrogens with one attached hydrogen (secondary N) is 1. The van der Waals surface area contributed by atoms with Gasteiger partial charge >= 0.3 is 5.82 Å². The molecule has 0 saturated heterocycles. The Morgan fingerprint density at radius 1 is 1.43 bits per heavy atom. The van der Waals surface area contributed by atoms with Crippen LogP contribution in [0, 0.1) is 24.0 Å². The van der Waals surface area contributed by atoms with E-state index in [1.807, 2.05) is 20.2 Å². The number of hydrogen-bond acceptors (Lipinski definition) is 5. The second-order valence-electron chi connectivity index (χ2n) is 4.75. The third kappa shape index (κ3) is 3.44. The second kappa shape index (κ2) is 5.73. The maximum absolute atomic E-state index is 11.9. The summed E-state index contributed by atoms with van der Waals surface area (Å²) in [6, 6.07) is 1.33. The number of hydrogen-bond donors (Lipinski definition) is 1. The zero-order chi connectivity index (χ0) is 15.6. The fourth-order valence-corrected chi connectivity index (χ4v) is 1.95. The molecule has 2 aromatic heterocycles. The van der Waals surface area contributed by atoms with Gasteiger partial charge in [-0.25, -0.2) is 0 Å². The minimum Gasteiger partial charge on any atom is -0.358 e. The predicted octanol–water partition coefficient (Wildman–Crippen LogP) is 0.458. The second-order valence-corrected chi connectivity index (χ2v) is 4.75. The number of aryl methyl sites for hydroxylation is 3. The molecule has 0 bridgehead atoms. The summed E-state index contributed by atoms with van der Waals surface area (Å²) in [7, 11) is 1.81. The molecule has 9 nitrogen and oxygen atoms in total. The van der Waals surface area contributed by atoms with Crippen LogP contribution in [0.25, 0.3) is 0 Å². The Labute approximate surface area is 120 Å². The average Bonchev–Trinajstić information content (AvgIpc) is 2.90. The van der Waals surface area contributed by atoms with Gasteiger partial charge in [0, 0.05) is 25.4 Å². The first-order valence-corrected chi connectivity index (χ1v) is 6.31. The van der Waals surface area contributed by atoms with Crippen LogP contribution in [-0.4, -0.2) is 30.4 Å². The Morgan fingerprint density at radius 3 is 2.67 bits per heavy atom. The van der Waals surface area contributed by atoms with Crippen LogP contribution in [0.3, 0.4) is 0 Å². The Morgan fingerprint density at radius 2 is 2.14 bits per heavy atom. The van der Waals surface area contributed by atoms with E-state index >= 15 is 0 Å². The first-order chi connectivity index (χ1) is 9.86. The van der Waals surface area contributed by atoms with Gasteiger partial charge in [-0.2, -0.15) is 9.78 Å². The minimum absolute atomic E-state index is 0.0566. The summed E-state index contributed by atoms with van der Waals surface area (Å²) in [5.74, 6) is -0.525. The Hall–Kier alpha value is -2.71. The Kier molecular flexibility index (Phi) is 4.01. The molecular weight excluding hydrogens is 276 g/mol. The van der Waals surface area contributed by atoms with Gasteiger partial charge in [0.05, 0.1) is 22.6 Å². The SMILES string of the molecule is Cc1nn(C)cc1CNC(=O)Cn1nc([N+](=O)[O-])cc1C. The van der Waals surface area contributed by atoms with Gasteiger partial charge in [-0.1, -0.05) is 0 Å². The fourth-order valence-electron chi connectivity index (χ4n) is 1.95. The van der Waals surface area contributed by atoms with E-state index < -0.39 is 4.92 Å². The summed E-state index contributed by atoms with van der Waals surface area (Å²) in [5.41, 5.74) is 2.34. The van der Waals surface area contributed by atoms with Crippen LogP contribution in [0.4, 0.5) is 5.82 Å². The van der Waals surface area contributed by atoms with E-state index in [-0.39, 0.29) is 18.3 Å². The van der Waals surface area contributed by atoms with Crippen molar-refractivity contribution in [3.63, 3.8) is 0 Å². The van der Waals surface area contributed by atoms with Gasteiger partial charge in [0.15, 0.2) is 0 Å². The van der Waals surface area contributed by atoms with E-state index in [2.05, 4.69) is 15.5 Å². The molecule has 0 unspecified atom stereocenters. The molecule has 0 spiro atoms. The van der Waals surface area contributed by atoms with Crippen molar-refractivity contribution in [2.45, 2.75) is 26.9 Å². The molecule has 0 radical (unpaired) electrons. The molecule has 0 fully saturated rings. The molecule has 0 aliphatic carbocycles. The van der Waals surface area contributed by atoms with Crippen LogP contribution in [0.15, 0.2) is 12.3 Å². The maximum Gasteiger partial charge on any atom is 0.390 e. The van der Waals surface area contributed by atoms with E-state index in [0.717, 1.165) is 11.3 Å². The predicted molar refractivity (Wildman–Crippen MR) is 73.4 cm³/mol. The third-order valence-corrected chi connectivity index (χ3v) is 3.04. The van der Waals surface area contributed by atoms with Crippen LogP contribution < -0.4 is 5.32 Å². The van der Waals surface area contributed by atoms with Crippen molar-refractivity contribution in [3.8, 4) is 0 Å². The first kappa shape index (κ1) is 14.7. The van der Waals surface area contributed by atoms with Gasteiger partial charge in [0.1, 0.15) is 6.54 Å². The highest BCUT2D eigenvalue weighted by atomic mass is 16.6. The number of rotatable bonds is 5. The van der Waals surface area contributed by atoms with Crippen molar-refractivity contribution in [2.24, 2.45) is 7.05 Å². The quantitative estimate of drug-likeness (QED) is 0.636. The smallest absolute Gasteiger partial charge is 0.358 e. The van der Waals surface area contributed by atoms with Crippen molar-refractivity contribution < 1.29 is 9.72 Å². The Balaban J connectivity index is 1.96. The van der Waals surface area contributed by atoms with E-state index in [9.17, 15) is 14.9 Å². The van der Waals surface area contributed by atoms with Gasteiger partial charge in [0.2, 0.25) is 5.91 Å². The molecule has 1 amide bonds. The monoisotopic (exact) mass is 292 g/mol. The van der Waals surface area contributed by atoms with E-state index in [1.165, 1.54) is 10.7 Å². The van der Waals surface area contributed by atoms with Crippen molar-refractivity contribution in [3.05, 3.63) is 39.3 Å². The van der Waals surface area contributed by atoms with Crippen LogP contribution in [-0.2, 0) is 24.9 Å². The summed E-state index contributed by atoms with van der Waals surface area (Å²) < 4.78 is 2.99. The number of aromatic nitrogens is 4. The Bertz CT molecular complexity index is 687. The van der Waals surface area contributed by atoms with E-state index in [1.54, 1.807) is 11.6 Å². The molecule has 0 aromatic carbocycles. The van der Waals surface area contributed by atoms with E-state index in [4.69, 9.17) is 0 Å².